The lowest BCUT2D eigenvalue weighted by Gasteiger charge is -2.10. The molecule has 0 spiro atoms. The van der Waals surface area contributed by atoms with Gasteiger partial charge in [0.25, 0.3) is 0 Å². The van der Waals surface area contributed by atoms with Crippen molar-refractivity contribution in [1.82, 2.24) is 4.84 Å². The van der Waals surface area contributed by atoms with Crippen molar-refractivity contribution in [3.63, 3.8) is 0 Å². The first-order chi connectivity index (χ1) is 8.79. The molecule has 0 fully saturated rings. The second-order valence-electron chi connectivity index (χ2n) is 3.83. The minimum atomic E-state index is 0.510. The van der Waals surface area contributed by atoms with Crippen molar-refractivity contribution in [2.75, 3.05) is 0 Å². The zero-order valence-electron chi connectivity index (χ0n) is 9.70. The first-order valence-electron chi connectivity index (χ1n) is 5.58. The van der Waals surface area contributed by atoms with E-state index in [2.05, 4.69) is 4.84 Å². The van der Waals surface area contributed by atoms with E-state index in [1.54, 1.807) is 0 Å². The van der Waals surface area contributed by atoms with Gasteiger partial charge in [0.2, 0.25) is 0 Å². The fourth-order valence-electron chi connectivity index (χ4n) is 1.60. The fourth-order valence-corrected chi connectivity index (χ4v) is 1.87. The van der Waals surface area contributed by atoms with Gasteiger partial charge in [-0.2, -0.15) is 0 Å². The molecule has 94 valence electrons. The van der Waals surface area contributed by atoms with E-state index in [0.717, 1.165) is 21.9 Å². The molecule has 0 amide bonds. The quantitative estimate of drug-likeness (QED) is 0.831. The Kier molecular flexibility index (Phi) is 4.88. The van der Waals surface area contributed by atoms with Crippen LogP contribution in [0.15, 0.2) is 48.5 Å². The SMILES string of the molecule is ClNCc1ccccc1OCc1ccc(Cl)cc1. The molecule has 0 heterocycles. The molecular formula is C14H13Cl2NO. The monoisotopic (exact) mass is 281 g/mol. The predicted molar refractivity (Wildman–Crippen MR) is 74.9 cm³/mol. The molecule has 0 aliphatic heterocycles. The number of halogens is 2. The van der Waals surface area contributed by atoms with Crippen LogP contribution in [-0.4, -0.2) is 0 Å². The molecule has 2 aromatic rings. The van der Waals surface area contributed by atoms with Crippen LogP contribution in [0, 0.1) is 0 Å². The minimum Gasteiger partial charge on any atom is -0.489 e. The van der Waals surface area contributed by atoms with Crippen LogP contribution in [0.3, 0.4) is 0 Å². The molecule has 0 saturated carbocycles. The maximum Gasteiger partial charge on any atom is 0.124 e. The summed E-state index contributed by atoms with van der Waals surface area (Å²) in [5.41, 5.74) is 2.11. The van der Waals surface area contributed by atoms with Crippen LogP contribution < -0.4 is 9.57 Å². The lowest BCUT2D eigenvalue weighted by atomic mass is 10.2. The van der Waals surface area contributed by atoms with Gasteiger partial charge in [0.15, 0.2) is 0 Å². The van der Waals surface area contributed by atoms with E-state index in [1.807, 2.05) is 48.5 Å². The molecular weight excluding hydrogens is 269 g/mol. The molecule has 1 N–H and O–H groups in total. The lowest BCUT2D eigenvalue weighted by Crippen LogP contribution is -2.03. The second kappa shape index (κ2) is 6.64. The van der Waals surface area contributed by atoms with Crippen molar-refractivity contribution in [3.05, 3.63) is 64.7 Å². The van der Waals surface area contributed by atoms with E-state index >= 15 is 0 Å². The average molecular weight is 282 g/mol. The molecule has 0 atom stereocenters. The van der Waals surface area contributed by atoms with Crippen LogP contribution in [0.5, 0.6) is 5.75 Å². The number of hydrogen-bond acceptors (Lipinski definition) is 2. The van der Waals surface area contributed by atoms with E-state index in [1.165, 1.54) is 0 Å². The Hall–Kier alpha value is -1.22. The molecule has 0 saturated heterocycles. The van der Waals surface area contributed by atoms with Gasteiger partial charge in [0.1, 0.15) is 12.4 Å². The summed E-state index contributed by atoms with van der Waals surface area (Å²) in [6.07, 6.45) is 0. The maximum absolute atomic E-state index is 5.83. The van der Waals surface area contributed by atoms with Gasteiger partial charge >= 0.3 is 0 Å². The molecule has 0 bridgehead atoms. The predicted octanol–water partition coefficient (Wildman–Crippen LogP) is 4.16. The highest BCUT2D eigenvalue weighted by Crippen LogP contribution is 2.19. The average Bonchev–Trinajstić information content (AvgIpc) is 2.40. The van der Waals surface area contributed by atoms with Crippen LogP contribution in [0.2, 0.25) is 5.02 Å². The lowest BCUT2D eigenvalue weighted by molar-refractivity contribution is 0.303. The standard InChI is InChI=1S/C14H13Cl2NO/c15-13-7-5-11(6-8-13)10-18-14-4-2-1-3-12(14)9-17-16/h1-8,17H,9-10H2. The molecule has 0 aliphatic carbocycles. The van der Waals surface area contributed by atoms with Crippen molar-refractivity contribution in [2.24, 2.45) is 0 Å². The highest BCUT2D eigenvalue weighted by molar-refractivity contribution is 6.30. The summed E-state index contributed by atoms with van der Waals surface area (Å²) in [6.45, 7) is 1.08. The number of rotatable bonds is 5. The van der Waals surface area contributed by atoms with Gasteiger partial charge in [-0.15, -0.1) is 0 Å². The first-order valence-corrected chi connectivity index (χ1v) is 6.34. The maximum atomic E-state index is 5.83. The Morgan fingerprint density at radius 2 is 1.72 bits per heavy atom. The Bertz CT molecular complexity index is 499. The summed E-state index contributed by atoms with van der Waals surface area (Å²) in [4.78, 5) is 2.60. The van der Waals surface area contributed by atoms with Crippen LogP contribution in [0.1, 0.15) is 11.1 Å². The highest BCUT2D eigenvalue weighted by Gasteiger charge is 2.02. The van der Waals surface area contributed by atoms with Crippen molar-refractivity contribution in [1.29, 1.82) is 0 Å². The summed E-state index contributed by atoms with van der Waals surface area (Å²) in [7, 11) is 0. The zero-order chi connectivity index (χ0) is 12.8. The molecule has 0 radical (unpaired) electrons. The summed E-state index contributed by atoms with van der Waals surface area (Å²) < 4.78 is 5.77. The van der Waals surface area contributed by atoms with Gasteiger partial charge in [-0.05, 0) is 35.5 Å². The number of ether oxygens (including phenoxy) is 1. The van der Waals surface area contributed by atoms with Crippen LogP contribution in [-0.2, 0) is 13.2 Å². The second-order valence-corrected chi connectivity index (χ2v) is 4.54. The van der Waals surface area contributed by atoms with E-state index in [9.17, 15) is 0 Å². The largest absolute Gasteiger partial charge is 0.489 e. The molecule has 2 rings (SSSR count). The highest BCUT2D eigenvalue weighted by atomic mass is 35.5. The third kappa shape index (κ3) is 3.64. The summed E-state index contributed by atoms with van der Waals surface area (Å²) >= 11 is 11.4. The molecule has 0 unspecified atom stereocenters. The number of para-hydroxylation sites is 1. The van der Waals surface area contributed by atoms with Gasteiger partial charge in [-0.25, -0.2) is 4.84 Å². The van der Waals surface area contributed by atoms with Crippen molar-refractivity contribution >= 4 is 23.4 Å². The molecule has 18 heavy (non-hydrogen) atoms. The van der Waals surface area contributed by atoms with Crippen LogP contribution >= 0.6 is 23.4 Å². The van der Waals surface area contributed by atoms with Crippen molar-refractivity contribution in [3.8, 4) is 5.75 Å². The Morgan fingerprint density at radius 1 is 1.00 bits per heavy atom. The Morgan fingerprint density at radius 3 is 2.44 bits per heavy atom. The van der Waals surface area contributed by atoms with Crippen molar-refractivity contribution in [2.45, 2.75) is 13.2 Å². The van der Waals surface area contributed by atoms with E-state index in [0.29, 0.717) is 13.2 Å². The summed E-state index contributed by atoms with van der Waals surface area (Å²) in [6, 6.07) is 15.4. The Balaban J connectivity index is 2.03. The molecule has 2 aromatic carbocycles. The third-order valence-electron chi connectivity index (χ3n) is 2.54. The molecule has 0 aromatic heterocycles. The molecule has 0 aliphatic rings. The number of hydrogen-bond donors (Lipinski definition) is 1. The zero-order valence-corrected chi connectivity index (χ0v) is 11.2. The van der Waals surface area contributed by atoms with Gasteiger partial charge < -0.3 is 4.74 Å². The summed E-state index contributed by atoms with van der Waals surface area (Å²) in [5.74, 6) is 0.834. The first kappa shape index (κ1) is 13.2. The summed E-state index contributed by atoms with van der Waals surface area (Å²) in [5, 5.41) is 0.727. The Labute approximate surface area is 117 Å². The number of benzene rings is 2. The van der Waals surface area contributed by atoms with Crippen molar-refractivity contribution < 1.29 is 4.74 Å². The molecule has 2 nitrogen and oxygen atoms in total. The van der Waals surface area contributed by atoms with Crippen LogP contribution in [0.4, 0.5) is 0 Å². The third-order valence-corrected chi connectivity index (χ3v) is 2.92. The van der Waals surface area contributed by atoms with Gasteiger partial charge in [0.05, 0.1) is 0 Å². The van der Waals surface area contributed by atoms with Gasteiger partial charge in [0, 0.05) is 17.1 Å². The van der Waals surface area contributed by atoms with E-state index in [-0.39, 0.29) is 0 Å². The fraction of sp³-hybridized carbons (Fsp3) is 0.143. The smallest absolute Gasteiger partial charge is 0.124 e. The number of nitrogens with one attached hydrogen (secondary N) is 1. The van der Waals surface area contributed by atoms with E-state index < -0.39 is 0 Å². The minimum absolute atomic E-state index is 0.510. The van der Waals surface area contributed by atoms with Gasteiger partial charge in [-0.1, -0.05) is 41.9 Å². The van der Waals surface area contributed by atoms with E-state index in [4.69, 9.17) is 28.1 Å². The normalized spacial score (nSPS) is 10.3. The molecule has 4 heteroatoms. The van der Waals surface area contributed by atoms with Crippen LogP contribution in [0.25, 0.3) is 0 Å². The topological polar surface area (TPSA) is 21.3 Å². The van der Waals surface area contributed by atoms with Gasteiger partial charge in [-0.3, -0.25) is 0 Å².